The summed E-state index contributed by atoms with van der Waals surface area (Å²) in [5.74, 6) is 1.34. The number of rotatable bonds is 6. The molecule has 9 heteroatoms. The molecule has 0 bridgehead atoms. The van der Waals surface area contributed by atoms with Crippen LogP contribution in [-0.4, -0.2) is 58.8 Å². The van der Waals surface area contributed by atoms with Gasteiger partial charge in [0.25, 0.3) is 0 Å². The Balaban J connectivity index is 1.43. The van der Waals surface area contributed by atoms with Crippen molar-refractivity contribution in [1.82, 2.24) is 19.9 Å². The van der Waals surface area contributed by atoms with Gasteiger partial charge in [-0.2, -0.15) is 8.78 Å². The number of nitrogens with two attached hydrogens (primary N) is 1. The Morgan fingerprint density at radius 2 is 1.93 bits per heavy atom. The van der Waals surface area contributed by atoms with E-state index in [9.17, 15) is 8.78 Å². The molecule has 2 aliphatic heterocycles. The third-order valence-corrected chi connectivity index (χ3v) is 5.56. The summed E-state index contributed by atoms with van der Waals surface area (Å²) in [4.78, 5) is 15.9. The maximum atomic E-state index is 12.6. The summed E-state index contributed by atoms with van der Waals surface area (Å²) in [6, 6.07) is 3.93. The Kier molecular flexibility index (Phi) is 4.36. The van der Waals surface area contributed by atoms with E-state index in [1.54, 1.807) is 0 Å². The Morgan fingerprint density at radius 3 is 2.57 bits per heavy atom. The number of ether oxygens (including phenoxy) is 2. The molecule has 2 aromatic rings. The monoisotopic (exact) mass is 389 g/mol. The van der Waals surface area contributed by atoms with E-state index in [1.165, 1.54) is 12.3 Å². The highest BCUT2D eigenvalue weighted by Crippen LogP contribution is 2.40. The molecule has 0 atom stereocenters. The normalized spacial score (nSPS) is 20.8. The van der Waals surface area contributed by atoms with Crippen LogP contribution in [0.25, 0.3) is 11.3 Å². The zero-order chi connectivity index (χ0) is 19.3. The average Bonchev–Trinajstić information content (AvgIpc) is 3.42. The average molecular weight is 389 g/mol. The van der Waals surface area contributed by atoms with Crippen LogP contribution in [0.15, 0.2) is 18.3 Å². The number of nitrogen functional groups attached to an aromatic ring is 1. The zero-order valence-electron chi connectivity index (χ0n) is 15.2. The molecular formula is C19H21F2N5O2. The number of anilines is 1. The summed E-state index contributed by atoms with van der Waals surface area (Å²) < 4.78 is 35.0. The van der Waals surface area contributed by atoms with Crippen LogP contribution in [0.3, 0.4) is 0 Å². The second-order valence-electron chi connectivity index (χ2n) is 7.64. The highest BCUT2D eigenvalue weighted by molar-refractivity contribution is 5.64. The number of pyridine rings is 1. The Labute approximate surface area is 160 Å². The van der Waals surface area contributed by atoms with Crippen molar-refractivity contribution < 1.29 is 18.3 Å². The molecule has 0 unspecified atom stereocenters. The highest BCUT2D eigenvalue weighted by Gasteiger charge is 2.38. The molecule has 7 nitrogen and oxygen atoms in total. The van der Waals surface area contributed by atoms with E-state index in [-0.39, 0.29) is 11.6 Å². The van der Waals surface area contributed by atoms with Crippen molar-refractivity contribution in [2.75, 3.05) is 32.0 Å². The maximum absolute atomic E-state index is 12.6. The van der Waals surface area contributed by atoms with E-state index < -0.39 is 6.61 Å². The van der Waals surface area contributed by atoms with E-state index in [0.29, 0.717) is 29.1 Å². The van der Waals surface area contributed by atoms with Crippen molar-refractivity contribution in [3.8, 4) is 17.0 Å². The first-order valence-electron chi connectivity index (χ1n) is 9.48. The van der Waals surface area contributed by atoms with Crippen LogP contribution >= 0.6 is 0 Å². The van der Waals surface area contributed by atoms with Crippen LogP contribution in [0.4, 0.5) is 14.6 Å². The van der Waals surface area contributed by atoms with Gasteiger partial charge in [-0.1, -0.05) is 0 Å². The number of likely N-dealkylation sites (tertiary alicyclic amines) is 1. The molecule has 0 aromatic carbocycles. The molecule has 1 saturated carbocycles. The van der Waals surface area contributed by atoms with E-state index in [4.69, 9.17) is 15.5 Å². The van der Waals surface area contributed by atoms with Gasteiger partial charge < -0.3 is 15.2 Å². The first-order chi connectivity index (χ1) is 13.6. The summed E-state index contributed by atoms with van der Waals surface area (Å²) in [7, 11) is 0. The first kappa shape index (κ1) is 17.7. The lowest BCUT2D eigenvalue weighted by Crippen LogP contribution is -2.58. The van der Waals surface area contributed by atoms with Crippen molar-refractivity contribution >= 4 is 5.82 Å². The largest absolute Gasteiger partial charge is 0.431 e. The lowest BCUT2D eigenvalue weighted by molar-refractivity contribution is -0.0909. The Hall–Kier alpha value is -2.39. The molecule has 0 amide bonds. The molecule has 148 valence electrons. The molecule has 28 heavy (non-hydrogen) atoms. The topological polar surface area (TPSA) is 86.4 Å². The summed E-state index contributed by atoms with van der Waals surface area (Å²) in [5, 5.41) is 0. The number of hydrogen-bond donors (Lipinski definition) is 1. The fourth-order valence-electron chi connectivity index (χ4n) is 3.58. The minimum absolute atomic E-state index is 0.0712. The molecule has 5 rings (SSSR count). The van der Waals surface area contributed by atoms with Crippen LogP contribution in [0.1, 0.15) is 36.2 Å². The van der Waals surface area contributed by atoms with Crippen LogP contribution in [-0.2, 0) is 4.74 Å². The smallest absolute Gasteiger partial charge is 0.387 e. The molecule has 3 fully saturated rings. The van der Waals surface area contributed by atoms with Crippen molar-refractivity contribution in [2.24, 2.45) is 0 Å². The van der Waals surface area contributed by atoms with Gasteiger partial charge in [-0.05, 0) is 25.0 Å². The molecule has 0 spiro atoms. The fraction of sp³-hybridized carbons (Fsp3) is 0.526. The number of nitrogens with zero attached hydrogens (tertiary/aromatic N) is 4. The van der Waals surface area contributed by atoms with Gasteiger partial charge in [0.1, 0.15) is 5.82 Å². The molecule has 4 heterocycles. The minimum atomic E-state index is -2.96. The fourth-order valence-corrected chi connectivity index (χ4v) is 3.58. The van der Waals surface area contributed by atoms with Gasteiger partial charge in [-0.3, -0.25) is 4.90 Å². The van der Waals surface area contributed by atoms with Gasteiger partial charge in [0.05, 0.1) is 30.6 Å². The van der Waals surface area contributed by atoms with Crippen molar-refractivity contribution in [1.29, 1.82) is 0 Å². The lowest BCUT2D eigenvalue weighted by Gasteiger charge is -2.47. The molecule has 0 radical (unpaired) electrons. The second-order valence-corrected chi connectivity index (χ2v) is 7.64. The molecular weight excluding hydrogens is 368 g/mol. The second kappa shape index (κ2) is 6.89. The Morgan fingerprint density at radius 1 is 1.14 bits per heavy atom. The summed E-state index contributed by atoms with van der Waals surface area (Å²) in [6.45, 7) is 0.555. The third-order valence-electron chi connectivity index (χ3n) is 5.56. The quantitative estimate of drug-likeness (QED) is 0.812. The molecule has 2 N–H and O–H groups in total. The van der Waals surface area contributed by atoms with Gasteiger partial charge in [-0.25, -0.2) is 15.0 Å². The predicted octanol–water partition coefficient (Wildman–Crippen LogP) is 2.40. The summed E-state index contributed by atoms with van der Waals surface area (Å²) in [6.07, 6.45) is 3.70. The molecule has 2 saturated heterocycles. The van der Waals surface area contributed by atoms with Gasteiger partial charge in [-0.15, -0.1) is 0 Å². The van der Waals surface area contributed by atoms with Crippen LogP contribution in [0.2, 0.25) is 0 Å². The Bertz CT molecular complexity index is 883. The van der Waals surface area contributed by atoms with E-state index in [0.717, 1.165) is 50.7 Å². The van der Waals surface area contributed by atoms with E-state index in [1.807, 2.05) is 6.07 Å². The van der Waals surface area contributed by atoms with Crippen molar-refractivity contribution in [2.45, 2.75) is 37.3 Å². The van der Waals surface area contributed by atoms with Gasteiger partial charge in [0.15, 0.2) is 11.6 Å². The van der Waals surface area contributed by atoms with Crippen molar-refractivity contribution in [3.63, 3.8) is 0 Å². The molecule has 3 aliphatic rings. The predicted molar refractivity (Wildman–Crippen MR) is 97.2 cm³/mol. The molecule has 1 aliphatic carbocycles. The number of alkyl halides is 2. The van der Waals surface area contributed by atoms with Crippen LogP contribution in [0.5, 0.6) is 5.75 Å². The number of hydrogen-bond acceptors (Lipinski definition) is 7. The first-order valence-corrected chi connectivity index (χ1v) is 9.48. The zero-order valence-corrected chi connectivity index (χ0v) is 15.2. The van der Waals surface area contributed by atoms with Crippen molar-refractivity contribution in [3.05, 3.63) is 29.8 Å². The van der Waals surface area contributed by atoms with Gasteiger partial charge in [0, 0.05) is 36.7 Å². The van der Waals surface area contributed by atoms with Crippen LogP contribution < -0.4 is 10.5 Å². The number of halogens is 2. The van der Waals surface area contributed by atoms with E-state index in [2.05, 4.69) is 19.6 Å². The number of aromatic nitrogens is 3. The van der Waals surface area contributed by atoms with Crippen LogP contribution in [0, 0.1) is 0 Å². The standard InChI is InChI=1S/C19H21F2N5O2/c20-19(21)28-16-3-11(5-23-17(16)22)14-4-15(25-18(24-14)10-1-2-10)12-6-26(7-12)13-8-27-9-13/h3-5,10,12-13,19H,1-2,6-9H2,(H2,22,23). The summed E-state index contributed by atoms with van der Waals surface area (Å²) in [5.41, 5.74) is 7.92. The van der Waals surface area contributed by atoms with E-state index >= 15 is 0 Å². The third kappa shape index (κ3) is 3.40. The highest BCUT2D eigenvalue weighted by atomic mass is 19.3. The minimum Gasteiger partial charge on any atom is -0.431 e. The summed E-state index contributed by atoms with van der Waals surface area (Å²) >= 11 is 0. The van der Waals surface area contributed by atoms with Gasteiger partial charge >= 0.3 is 6.61 Å². The lowest BCUT2D eigenvalue weighted by atomic mass is 9.92. The maximum Gasteiger partial charge on any atom is 0.387 e. The van der Waals surface area contributed by atoms with Gasteiger partial charge in [0.2, 0.25) is 0 Å². The molecule has 2 aromatic heterocycles. The SMILES string of the molecule is Nc1ncc(-c2cc(C3CN(C4COC4)C3)nc(C3CC3)n2)cc1OC(F)F.